The van der Waals surface area contributed by atoms with Gasteiger partial charge in [0.25, 0.3) is 0 Å². The van der Waals surface area contributed by atoms with Crippen LogP contribution in [0, 0.1) is 6.08 Å². The van der Waals surface area contributed by atoms with Crippen molar-refractivity contribution < 1.29 is 0 Å². The second kappa shape index (κ2) is 2.12. The maximum absolute atomic E-state index is 3.27. The lowest BCUT2D eigenvalue weighted by Crippen LogP contribution is -1.80. The highest BCUT2D eigenvalue weighted by Crippen LogP contribution is 2.04. The first-order chi connectivity index (χ1) is 3.43. The van der Waals surface area contributed by atoms with Gasteiger partial charge >= 0.3 is 0 Å². The minimum atomic E-state index is 0.109. The monoisotopic (exact) mass is 109 g/mol. The van der Waals surface area contributed by atoms with E-state index in [1.807, 2.05) is 0 Å². The summed E-state index contributed by atoms with van der Waals surface area (Å²) in [6.07, 6.45) is 8.71. The van der Waals surface area contributed by atoms with Crippen LogP contribution in [0.3, 0.4) is 0 Å². The molecule has 1 heteroatoms. The average molecular weight is 109 g/mol. The quantitative estimate of drug-likeness (QED) is 0.438. The topological polar surface area (TPSA) is 0 Å². The molecule has 0 aromatic carbocycles. The lowest BCUT2D eigenvalue weighted by atomic mass is 10.5. The zero-order valence-corrected chi connectivity index (χ0v) is 5.98. The normalized spacial score (nSPS) is 19.3. The molecule has 1 rings (SSSR count). The van der Waals surface area contributed by atoms with Crippen LogP contribution in [0.4, 0.5) is 0 Å². The summed E-state index contributed by atoms with van der Waals surface area (Å²) in [5, 5.41) is 1.50. The summed E-state index contributed by atoms with van der Waals surface area (Å²) in [6, 6.07) is 0. The summed E-state index contributed by atoms with van der Waals surface area (Å²) in [5.74, 6) is 0. The molecular weight excluding hydrogens is 100 g/mol. The summed E-state index contributed by atoms with van der Waals surface area (Å²) in [7, 11) is 0.109. The van der Waals surface area contributed by atoms with Crippen LogP contribution in [0.15, 0.2) is 17.3 Å². The van der Waals surface area contributed by atoms with Crippen LogP contribution in [0.25, 0.3) is 0 Å². The lowest BCUT2D eigenvalue weighted by molar-refractivity contribution is 1.39. The fourth-order valence-electron chi connectivity index (χ4n) is 0.693. The molecule has 1 aliphatic carbocycles. The third kappa shape index (κ3) is 1.03. The Morgan fingerprint density at radius 1 is 1.86 bits per heavy atom. The van der Waals surface area contributed by atoms with Crippen molar-refractivity contribution in [2.75, 3.05) is 0 Å². The van der Waals surface area contributed by atoms with Gasteiger partial charge in [-0.05, 0) is 12.5 Å². The van der Waals surface area contributed by atoms with Crippen molar-refractivity contribution in [2.24, 2.45) is 0 Å². The minimum Gasteiger partial charge on any atom is -0.0803 e. The number of rotatable bonds is 1. The number of hydrogen-bond acceptors (Lipinski definition) is 0. The summed E-state index contributed by atoms with van der Waals surface area (Å²) >= 11 is 0. The zero-order chi connectivity index (χ0) is 5.11. The van der Waals surface area contributed by atoms with Gasteiger partial charge in [-0.3, -0.25) is 0 Å². The molecule has 0 saturated heterocycles. The zero-order valence-electron chi connectivity index (χ0n) is 4.57. The molecule has 0 spiro atoms. The highest BCUT2D eigenvalue weighted by Gasteiger charge is 1.91. The molecule has 0 saturated carbocycles. The van der Waals surface area contributed by atoms with Crippen LogP contribution in [0.5, 0.6) is 0 Å². The molecule has 37 valence electrons. The predicted octanol–water partition coefficient (Wildman–Crippen LogP) is 0.850. The van der Waals surface area contributed by atoms with E-state index in [-0.39, 0.29) is 9.52 Å². The van der Waals surface area contributed by atoms with Crippen LogP contribution in [0.1, 0.15) is 6.42 Å². The van der Waals surface area contributed by atoms with E-state index in [1.54, 1.807) is 0 Å². The summed E-state index contributed by atoms with van der Waals surface area (Å²) in [4.78, 5) is 0. The Morgan fingerprint density at radius 2 is 2.71 bits per heavy atom. The van der Waals surface area contributed by atoms with E-state index in [2.05, 4.69) is 24.8 Å². The summed E-state index contributed by atoms with van der Waals surface area (Å²) in [5.41, 5.74) is 0. The number of hydrogen-bond donors (Lipinski definition) is 0. The Morgan fingerprint density at radius 3 is 3.00 bits per heavy atom. The molecule has 0 amide bonds. The van der Waals surface area contributed by atoms with E-state index in [4.69, 9.17) is 0 Å². The van der Waals surface area contributed by atoms with Gasteiger partial charge < -0.3 is 0 Å². The molecule has 0 N–H and O–H groups in total. The molecule has 7 heavy (non-hydrogen) atoms. The molecule has 0 fully saturated rings. The maximum Gasteiger partial charge on any atom is 0.0520 e. The fourth-order valence-corrected chi connectivity index (χ4v) is 1.49. The summed E-state index contributed by atoms with van der Waals surface area (Å²) < 4.78 is 0. The Labute approximate surface area is 46.8 Å². The van der Waals surface area contributed by atoms with Gasteiger partial charge in [-0.15, -0.1) is 0 Å². The molecule has 1 radical (unpaired) electrons. The number of allylic oxidation sites excluding steroid dienone is 4. The van der Waals surface area contributed by atoms with E-state index in [1.165, 1.54) is 5.20 Å². The van der Waals surface area contributed by atoms with Crippen molar-refractivity contribution in [3.8, 4) is 0 Å². The van der Waals surface area contributed by atoms with E-state index in [0.717, 1.165) is 6.42 Å². The van der Waals surface area contributed by atoms with Crippen molar-refractivity contribution in [3.63, 3.8) is 0 Å². The maximum atomic E-state index is 3.27. The first kappa shape index (κ1) is 4.85. The van der Waals surface area contributed by atoms with E-state index in [0.29, 0.717) is 0 Å². The molecule has 0 heterocycles. The van der Waals surface area contributed by atoms with Gasteiger partial charge in [0.15, 0.2) is 0 Å². The van der Waals surface area contributed by atoms with Gasteiger partial charge in [0.1, 0.15) is 0 Å². The van der Waals surface area contributed by atoms with Crippen molar-refractivity contribution in [2.45, 2.75) is 13.0 Å². The average Bonchev–Trinajstić information content (AvgIpc) is 2.14. The molecule has 0 unspecified atom stereocenters. The first-order valence-corrected chi connectivity index (χ1v) is 4.82. The fraction of sp³-hybridized carbons (Fsp3) is 0.333. The highest BCUT2D eigenvalue weighted by molar-refractivity contribution is 6.44. The molecule has 0 atom stereocenters. The van der Waals surface area contributed by atoms with Crippen LogP contribution in [0.2, 0.25) is 6.55 Å². The van der Waals surface area contributed by atoms with Gasteiger partial charge in [-0.1, -0.05) is 23.9 Å². The minimum absolute atomic E-state index is 0.109. The van der Waals surface area contributed by atoms with Crippen molar-refractivity contribution >= 4 is 9.52 Å². The van der Waals surface area contributed by atoms with Crippen LogP contribution >= 0.6 is 0 Å². The van der Waals surface area contributed by atoms with Crippen molar-refractivity contribution in [3.05, 3.63) is 23.4 Å². The second-order valence-corrected chi connectivity index (χ2v) is 3.13. The van der Waals surface area contributed by atoms with Gasteiger partial charge in [0.2, 0.25) is 0 Å². The van der Waals surface area contributed by atoms with Gasteiger partial charge in [-0.2, -0.15) is 0 Å². The third-order valence-electron chi connectivity index (χ3n) is 1.15. The first-order valence-electron chi connectivity index (χ1n) is 2.69. The van der Waals surface area contributed by atoms with E-state index >= 15 is 0 Å². The van der Waals surface area contributed by atoms with Crippen molar-refractivity contribution in [1.29, 1.82) is 0 Å². The molecule has 0 aliphatic heterocycles. The van der Waals surface area contributed by atoms with Crippen LogP contribution in [-0.4, -0.2) is 9.52 Å². The molecule has 1 aliphatic rings. The van der Waals surface area contributed by atoms with E-state index < -0.39 is 0 Å². The molecular formula is C6H9Si. The summed E-state index contributed by atoms with van der Waals surface area (Å²) in [6.45, 7) is 2.29. The second-order valence-electron chi connectivity index (χ2n) is 1.66. The van der Waals surface area contributed by atoms with Gasteiger partial charge in [-0.25, -0.2) is 0 Å². The SMILES string of the molecule is C[SiH2]C1=[C]CC=C1. The smallest absolute Gasteiger partial charge is 0.0520 e. The van der Waals surface area contributed by atoms with Crippen LogP contribution in [-0.2, 0) is 0 Å². The molecule has 0 bridgehead atoms. The standard InChI is InChI=1S/C6H9Si/c1-7-6-4-2-3-5-6/h2,4H,3,7H2,1H3. The molecule has 0 nitrogen and oxygen atoms in total. The van der Waals surface area contributed by atoms with Gasteiger partial charge in [0, 0.05) is 0 Å². The lowest BCUT2D eigenvalue weighted by Gasteiger charge is -1.82. The molecule has 0 aromatic rings. The van der Waals surface area contributed by atoms with Crippen molar-refractivity contribution in [1.82, 2.24) is 0 Å². The van der Waals surface area contributed by atoms with Crippen LogP contribution < -0.4 is 0 Å². The van der Waals surface area contributed by atoms with E-state index in [9.17, 15) is 0 Å². The van der Waals surface area contributed by atoms with Gasteiger partial charge in [0.05, 0.1) is 9.52 Å². The third-order valence-corrected chi connectivity index (χ3v) is 2.39. The largest absolute Gasteiger partial charge is 0.0803 e. The Hall–Kier alpha value is -0.303. The Kier molecular flexibility index (Phi) is 1.47. The Bertz CT molecular complexity index is 111. The Balaban J connectivity index is 2.52. The predicted molar refractivity (Wildman–Crippen MR) is 34.9 cm³/mol. The molecule has 0 aromatic heterocycles. The highest BCUT2D eigenvalue weighted by atomic mass is 28.2.